The van der Waals surface area contributed by atoms with Crippen molar-refractivity contribution < 1.29 is 9.59 Å². The van der Waals surface area contributed by atoms with E-state index in [9.17, 15) is 9.59 Å². The van der Waals surface area contributed by atoms with E-state index >= 15 is 0 Å². The van der Waals surface area contributed by atoms with Crippen LogP contribution in [-0.2, 0) is 0 Å². The van der Waals surface area contributed by atoms with Crippen LogP contribution in [0.25, 0.3) is 0 Å². The molecule has 0 unspecified atom stereocenters. The summed E-state index contributed by atoms with van der Waals surface area (Å²) in [6.07, 6.45) is 0. The van der Waals surface area contributed by atoms with Crippen molar-refractivity contribution in [3.63, 3.8) is 0 Å². The van der Waals surface area contributed by atoms with Crippen molar-refractivity contribution in [1.82, 2.24) is 10.4 Å². The summed E-state index contributed by atoms with van der Waals surface area (Å²) in [7, 11) is 0. The molecule has 25 heavy (non-hydrogen) atoms. The minimum Gasteiger partial charge on any atom is -0.267 e. The average Bonchev–Trinajstić information content (AvgIpc) is 2.51. The number of nitrogens with one attached hydrogen (secondary N) is 1. The Morgan fingerprint density at radius 3 is 2.12 bits per heavy atom. The van der Waals surface area contributed by atoms with Crippen molar-refractivity contribution >= 4 is 35.0 Å². The molecule has 2 aromatic rings. The van der Waals surface area contributed by atoms with Crippen LogP contribution in [0.5, 0.6) is 0 Å². The second kappa shape index (κ2) is 7.46. The van der Waals surface area contributed by atoms with Gasteiger partial charge in [0.1, 0.15) is 0 Å². The first-order valence-corrected chi connectivity index (χ1v) is 8.52. The first-order chi connectivity index (χ1) is 11.6. The zero-order valence-electron chi connectivity index (χ0n) is 14.6. The Hall–Kier alpha value is -2.04. The van der Waals surface area contributed by atoms with Gasteiger partial charge in [-0.1, -0.05) is 40.9 Å². The predicted molar refractivity (Wildman–Crippen MR) is 101 cm³/mol. The molecule has 0 fully saturated rings. The summed E-state index contributed by atoms with van der Waals surface area (Å²) in [5.41, 5.74) is 3.82. The van der Waals surface area contributed by atoms with Gasteiger partial charge in [-0.05, 0) is 58.0 Å². The molecule has 2 rings (SSSR count). The largest absolute Gasteiger partial charge is 0.274 e. The Morgan fingerprint density at radius 2 is 1.60 bits per heavy atom. The molecule has 2 aromatic carbocycles. The lowest BCUT2D eigenvalue weighted by Gasteiger charge is -2.35. The molecule has 6 heteroatoms. The van der Waals surface area contributed by atoms with Gasteiger partial charge in [0.15, 0.2) is 0 Å². The Kier molecular flexibility index (Phi) is 5.76. The van der Waals surface area contributed by atoms with Crippen molar-refractivity contribution in [2.75, 3.05) is 0 Å². The molecule has 0 radical (unpaired) electrons. The van der Waals surface area contributed by atoms with E-state index in [2.05, 4.69) is 5.43 Å². The summed E-state index contributed by atoms with van der Waals surface area (Å²) in [6, 6.07) is 11.7. The molecule has 0 saturated carbocycles. The number of aryl methyl sites for hydroxylation is 1. The molecule has 1 N–H and O–H groups in total. The van der Waals surface area contributed by atoms with E-state index in [1.54, 1.807) is 24.3 Å². The van der Waals surface area contributed by atoms with Crippen LogP contribution in [0, 0.1) is 6.92 Å². The molecule has 0 atom stereocenters. The third-order valence-corrected chi connectivity index (χ3v) is 4.11. The van der Waals surface area contributed by atoms with E-state index < -0.39 is 11.4 Å². The second-order valence-corrected chi connectivity index (χ2v) is 7.59. The molecule has 2 amide bonds. The number of halogens is 2. The van der Waals surface area contributed by atoms with Crippen LogP contribution in [0.1, 0.15) is 47.1 Å². The van der Waals surface area contributed by atoms with E-state index in [4.69, 9.17) is 23.2 Å². The highest BCUT2D eigenvalue weighted by Gasteiger charge is 2.30. The van der Waals surface area contributed by atoms with Crippen LogP contribution < -0.4 is 5.43 Å². The predicted octanol–water partition coefficient (Wildman–Crippen LogP) is 4.89. The number of nitrogens with zero attached hydrogens (tertiary/aromatic N) is 1. The lowest BCUT2D eigenvalue weighted by atomic mass is 10.1. The average molecular weight is 379 g/mol. The lowest BCUT2D eigenvalue weighted by molar-refractivity contribution is 0.0359. The molecular weight excluding hydrogens is 359 g/mol. The highest BCUT2D eigenvalue weighted by Crippen LogP contribution is 2.24. The van der Waals surface area contributed by atoms with Crippen LogP contribution in [-0.4, -0.2) is 22.4 Å². The summed E-state index contributed by atoms with van der Waals surface area (Å²) in [5, 5.41) is 1.95. The summed E-state index contributed by atoms with van der Waals surface area (Å²) >= 11 is 12.0. The summed E-state index contributed by atoms with van der Waals surface area (Å²) in [5.74, 6) is -0.775. The van der Waals surface area contributed by atoms with Gasteiger partial charge in [0.05, 0.1) is 16.1 Å². The number of rotatable bonds is 2. The Labute approximate surface area is 157 Å². The van der Waals surface area contributed by atoms with Gasteiger partial charge >= 0.3 is 0 Å². The fourth-order valence-electron chi connectivity index (χ4n) is 2.18. The quantitative estimate of drug-likeness (QED) is 0.756. The normalized spacial score (nSPS) is 11.1. The standard InChI is InChI=1S/C19H20Cl2N2O2/c1-12-5-7-13(8-6-12)17(24)22-23(19(2,3)4)18(25)15-10-9-14(20)11-16(15)21/h5-11H,1-4H3,(H,22,24). The van der Waals surface area contributed by atoms with Gasteiger partial charge in [0.2, 0.25) is 0 Å². The second-order valence-electron chi connectivity index (χ2n) is 6.74. The summed E-state index contributed by atoms with van der Waals surface area (Å²) < 4.78 is 0. The number of hydrogen-bond acceptors (Lipinski definition) is 2. The fourth-order valence-corrected chi connectivity index (χ4v) is 2.67. The minimum absolute atomic E-state index is 0.233. The maximum absolute atomic E-state index is 12.9. The highest BCUT2D eigenvalue weighted by molar-refractivity contribution is 6.36. The Morgan fingerprint density at radius 1 is 1.00 bits per heavy atom. The van der Waals surface area contributed by atoms with Crippen molar-refractivity contribution in [3.05, 3.63) is 69.2 Å². The maximum Gasteiger partial charge on any atom is 0.274 e. The number of benzene rings is 2. The van der Waals surface area contributed by atoms with Crippen LogP contribution in [0.3, 0.4) is 0 Å². The third-order valence-electron chi connectivity index (χ3n) is 3.56. The Balaban J connectivity index is 2.31. The van der Waals surface area contributed by atoms with Gasteiger partial charge in [-0.15, -0.1) is 0 Å². The van der Waals surface area contributed by atoms with Gasteiger partial charge in [-0.3, -0.25) is 15.0 Å². The monoisotopic (exact) mass is 378 g/mol. The molecule has 0 saturated heterocycles. The fraction of sp³-hybridized carbons (Fsp3) is 0.263. The van der Waals surface area contributed by atoms with E-state index in [0.717, 1.165) is 5.56 Å². The van der Waals surface area contributed by atoms with Gasteiger partial charge in [-0.2, -0.15) is 0 Å². The van der Waals surface area contributed by atoms with E-state index in [0.29, 0.717) is 10.6 Å². The molecular formula is C19H20Cl2N2O2. The van der Waals surface area contributed by atoms with Crippen molar-refractivity contribution in [2.24, 2.45) is 0 Å². The number of hydrogen-bond donors (Lipinski definition) is 1. The molecule has 0 heterocycles. The van der Waals surface area contributed by atoms with Gasteiger partial charge in [0, 0.05) is 10.6 Å². The van der Waals surface area contributed by atoms with Gasteiger partial charge in [0.25, 0.3) is 11.8 Å². The smallest absolute Gasteiger partial charge is 0.267 e. The highest BCUT2D eigenvalue weighted by atomic mass is 35.5. The van der Waals surface area contributed by atoms with E-state index in [1.807, 2.05) is 39.8 Å². The molecule has 0 aliphatic rings. The number of hydrazine groups is 1. The maximum atomic E-state index is 12.9. The zero-order valence-corrected chi connectivity index (χ0v) is 16.1. The molecule has 4 nitrogen and oxygen atoms in total. The van der Waals surface area contributed by atoms with Crippen molar-refractivity contribution in [1.29, 1.82) is 0 Å². The lowest BCUT2D eigenvalue weighted by Crippen LogP contribution is -2.55. The molecule has 0 spiro atoms. The first-order valence-electron chi connectivity index (χ1n) is 7.77. The number of carbonyl (C=O) groups is 2. The van der Waals surface area contributed by atoms with Crippen LogP contribution >= 0.6 is 23.2 Å². The summed E-state index contributed by atoms with van der Waals surface area (Å²) in [4.78, 5) is 25.5. The zero-order chi connectivity index (χ0) is 18.8. The number of amides is 2. The topological polar surface area (TPSA) is 49.4 Å². The van der Waals surface area contributed by atoms with Crippen molar-refractivity contribution in [2.45, 2.75) is 33.2 Å². The van der Waals surface area contributed by atoms with Gasteiger partial charge < -0.3 is 0 Å². The summed E-state index contributed by atoms with van der Waals surface area (Å²) in [6.45, 7) is 7.41. The third kappa shape index (κ3) is 4.74. The van der Waals surface area contributed by atoms with E-state index in [1.165, 1.54) is 11.1 Å². The first kappa shape index (κ1) is 19.3. The molecule has 0 aliphatic carbocycles. The van der Waals surface area contributed by atoms with Gasteiger partial charge in [-0.25, -0.2) is 5.01 Å². The van der Waals surface area contributed by atoms with E-state index in [-0.39, 0.29) is 16.5 Å². The molecule has 0 bridgehead atoms. The SMILES string of the molecule is Cc1ccc(C(=O)NN(C(=O)c2ccc(Cl)cc2Cl)C(C)(C)C)cc1. The Bertz CT molecular complexity index is 796. The van der Waals surface area contributed by atoms with Crippen LogP contribution in [0.4, 0.5) is 0 Å². The molecule has 0 aliphatic heterocycles. The minimum atomic E-state index is -0.652. The number of carbonyl (C=O) groups excluding carboxylic acids is 2. The van der Waals surface area contributed by atoms with Crippen molar-refractivity contribution in [3.8, 4) is 0 Å². The molecule has 132 valence electrons. The van der Waals surface area contributed by atoms with Crippen LogP contribution in [0.15, 0.2) is 42.5 Å². The van der Waals surface area contributed by atoms with Crippen LogP contribution in [0.2, 0.25) is 10.0 Å². The molecule has 0 aromatic heterocycles.